The van der Waals surface area contributed by atoms with Gasteiger partial charge < -0.3 is 4.74 Å². The topological polar surface area (TPSA) is 85.7 Å². The normalized spacial score (nSPS) is 14.6. The first-order chi connectivity index (χ1) is 9.19. The molecule has 19 heavy (non-hydrogen) atoms. The van der Waals surface area contributed by atoms with E-state index in [1.54, 1.807) is 10.8 Å². The average molecular weight is 344 g/mol. The summed E-state index contributed by atoms with van der Waals surface area (Å²) in [5, 5.41) is 7.53. The summed E-state index contributed by atoms with van der Waals surface area (Å²) in [6.45, 7) is 0. The van der Waals surface area contributed by atoms with Crippen LogP contribution in [0, 0.1) is 0 Å². The van der Waals surface area contributed by atoms with Crippen molar-refractivity contribution in [2.24, 2.45) is 0 Å². The minimum absolute atomic E-state index is 0.186. The molecule has 1 N–H and O–H groups in total. The van der Waals surface area contributed by atoms with E-state index in [0.29, 0.717) is 20.7 Å². The molecule has 3 rings (SSSR count). The lowest BCUT2D eigenvalue weighted by Crippen LogP contribution is -2.16. The van der Waals surface area contributed by atoms with Gasteiger partial charge in [0.15, 0.2) is 10.3 Å². The molecule has 100 valence electrons. The third-order valence-electron chi connectivity index (χ3n) is 2.65. The highest BCUT2D eigenvalue weighted by atomic mass is 79.9. The molecule has 2 aromatic heterocycles. The molecule has 0 atom stereocenters. The molecular formula is C10H10BrN5O2S. The highest BCUT2D eigenvalue weighted by Gasteiger charge is 2.29. The van der Waals surface area contributed by atoms with Crippen molar-refractivity contribution in [2.45, 2.75) is 29.2 Å². The Morgan fingerprint density at radius 2 is 2.37 bits per heavy atom. The molecular weight excluding hydrogens is 334 g/mol. The maximum atomic E-state index is 11.6. The van der Waals surface area contributed by atoms with Crippen molar-refractivity contribution in [3.05, 3.63) is 21.2 Å². The number of rotatable bonds is 4. The summed E-state index contributed by atoms with van der Waals surface area (Å²) in [6.07, 6.45) is 3.63. The SMILES string of the molecule is COc1nc(Sc2n[nH]c(=O)n2C2CC2)ncc1Br. The highest BCUT2D eigenvalue weighted by Crippen LogP contribution is 2.37. The number of H-pyrrole nitrogens is 1. The molecule has 1 aliphatic carbocycles. The van der Waals surface area contributed by atoms with Gasteiger partial charge in [0.25, 0.3) is 0 Å². The minimum Gasteiger partial charge on any atom is -0.480 e. The van der Waals surface area contributed by atoms with Crippen LogP contribution in [0.15, 0.2) is 25.8 Å². The Morgan fingerprint density at radius 3 is 3.05 bits per heavy atom. The molecule has 2 aromatic rings. The van der Waals surface area contributed by atoms with Crippen LogP contribution in [0.4, 0.5) is 0 Å². The van der Waals surface area contributed by atoms with Gasteiger partial charge in [-0.15, -0.1) is 5.10 Å². The van der Waals surface area contributed by atoms with Gasteiger partial charge in [0, 0.05) is 12.2 Å². The maximum Gasteiger partial charge on any atom is 0.344 e. The summed E-state index contributed by atoms with van der Waals surface area (Å²) in [7, 11) is 1.54. The Morgan fingerprint density at radius 1 is 1.58 bits per heavy atom. The second kappa shape index (κ2) is 4.97. The van der Waals surface area contributed by atoms with Crippen LogP contribution in [-0.2, 0) is 0 Å². The fourth-order valence-corrected chi connectivity index (χ4v) is 2.80. The van der Waals surface area contributed by atoms with E-state index in [9.17, 15) is 4.79 Å². The first kappa shape index (κ1) is 12.7. The molecule has 0 spiro atoms. The van der Waals surface area contributed by atoms with Crippen molar-refractivity contribution < 1.29 is 4.74 Å². The van der Waals surface area contributed by atoms with E-state index in [-0.39, 0.29) is 11.7 Å². The molecule has 0 aromatic carbocycles. The fraction of sp³-hybridized carbons (Fsp3) is 0.400. The Balaban J connectivity index is 1.91. The van der Waals surface area contributed by atoms with Gasteiger partial charge >= 0.3 is 5.69 Å². The van der Waals surface area contributed by atoms with E-state index >= 15 is 0 Å². The minimum atomic E-state index is -0.186. The lowest BCUT2D eigenvalue weighted by molar-refractivity contribution is 0.389. The Labute approximate surface area is 120 Å². The van der Waals surface area contributed by atoms with Crippen LogP contribution in [-0.4, -0.2) is 31.8 Å². The molecule has 0 unspecified atom stereocenters. The highest BCUT2D eigenvalue weighted by molar-refractivity contribution is 9.10. The van der Waals surface area contributed by atoms with E-state index in [0.717, 1.165) is 12.8 Å². The number of methoxy groups -OCH3 is 1. The molecule has 1 fully saturated rings. The van der Waals surface area contributed by atoms with Crippen LogP contribution in [0.5, 0.6) is 5.88 Å². The zero-order valence-electron chi connectivity index (χ0n) is 9.96. The lowest BCUT2D eigenvalue weighted by Gasteiger charge is -2.04. The van der Waals surface area contributed by atoms with E-state index in [4.69, 9.17) is 4.74 Å². The number of aromatic amines is 1. The zero-order chi connectivity index (χ0) is 13.4. The van der Waals surface area contributed by atoms with Gasteiger partial charge in [0.2, 0.25) is 5.88 Å². The van der Waals surface area contributed by atoms with Crippen LogP contribution in [0.3, 0.4) is 0 Å². The summed E-state index contributed by atoms with van der Waals surface area (Å²) < 4.78 is 7.45. The number of ether oxygens (including phenoxy) is 1. The molecule has 0 bridgehead atoms. The predicted octanol–water partition coefficient (Wildman–Crippen LogP) is 1.62. The second-order valence-corrected chi connectivity index (χ2v) is 5.81. The summed E-state index contributed by atoms with van der Waals surface area (Å²) in [6, 6.07) is 0.256. The standard InChI is InChI=1S/C10H10BrN5O2S/c1-18-7-6(11)4-12-8(13-7)19-10-15-14-9(17)16(10)5-2-3-5/h4-5H,2-3H2,1H3,(H,14,17). The quantitative estimate of drug-likeness (QED) is 0.849. The van der Waals surface area contributed by atoms with Gasteiger partial charge in [0.05, 0.1) is 11.6 Å². The van der Waals surface area contributed by atoms with E-state index in [1.165, 1.54) is 18.9 Å². The van der Waals surface area contributed by atoms with E-state index < -0.39 is 0 Å². The smallest absolute Gasteiger partial charge is 0.344 e. The summed E-state index contributed by atoms with van der Waals surface area (Å²) in [4.78, 5) is 20.0. The molecule has 0 saturated heterocycles. The van der Waals surface area contributed by atoms with Crippen LogP contribution in [0.2, 0.25) is 0 Å². The molecule has 2 heterocycles. The monoisotopic (exact) mass is 343 g/mol. The second-order valence-electron chi connectivity index (χ2n) is 4.02. The maximum absolute atomic E-state index is 11.6. The van der Waals surface area contributed by atoms with Crippen LogP contribution < -0.4 is 10.4 Å². The van der Waals surface area contributed by atoms with Gasteiger partial charge in [-0.25, -0.2) is 14.9 Å². The van der Waals surface area contributed by atoms with Gasteiger partial charge in [-0.1, -0.05) is 0 Å². The number of hydrogen-bond donors (Lipinski definition) is 1. The predicted molar refractivity (Wildman–Crippen MR) is 71.5 cm³/mol. The number of nitrogens with one attached hydrogen (secondary N) is 1. The Bertz CT molecular complexity index is 666. The molecule has 9 heteroatoms. The number of nitrogens with zero attached hydrogens (tertiary/aromatic N) is 4. The van der Waals surface area contributed by atoms with Crippen LogP contribution in [0.1, 0.15) is 18.9 Å². The third-order valence-corrected chi connectivity index (χ3v) is 4.04. The third kappa shape index (κ3) is 2.52. The van der Waals surface area contributed by atoms with Gasteiger partial charge in [-0.2, -0.15) is 4.98 Å². The molecule has 1 saturated carbocycles. The van der Waals surface area contributed by atoms with Gasteiger partial charge in [0.1, 0.15) is 0 Å². The molecule has 1 aliphatic rings. The van der Waals surface area contributed by atoms with Crippen molar-refractivity contribution in [1.82, 2.24) is 24.7 Å². The number of hydrogen-bond acceptors (Lipinski definition) is 6. The molecule has 0 radical (unpaired) electrons. The fourth-order valence-electron chi connectivity index (χ4n) is 1.63. The van der Waals surface area contributed by atoms with Crippen molar-refractivity contribution in [2.75, 3.05) is 7.11 Å². The van der Waals surface area contributed by atoms with Crippen molar-refractivity contribution in [3.63, 3.8) is 0 Å². The van der Waals surface area contributed by atoms with Crippen molar-refractivity contribution in [1.29, 1.82) is 0 Å². The van der Waals surface area contributed by atoms with Gasteiger partial charge in [-0.3, -0.25) is 4.57 Å². The largest absolute Gasteiger partial charge is 0.480 e. The van der Waals surface area contributed by atoms with Crippen LogP contribution in [0.25, 0.3) is 0 Å². The van der Waals surface area contributed by atoms with Crippen molar-refractivity contribution in [3.8, 4) is 5.88 Å². The zero-order valence-corrected chi connectivity index (χ0v) is 12.4. The lowest BCUT2D eigenvalue weighted by atomic mass is 10.6. The number of halogens is 1. The summed E-state index contributed by atoms with van der Waals surface area (Å²) in [5.41, 5.74) is -0.186. The Kier molecular flexibility index (Phi) is 3.31. The Hall–Kier alpha value is -1.35. The average Bonchev–Trinajstić information content (AvgIpc) is 3.17. The van der Waals surface area contributed by atoms with E-state index in [2.05, 4.69) is 36.1 Å². The molecule has 7 nitrogen and oxygen atoms in total. The van der Waals surface area contributed by atoms with E-state index in [1.807, 2.05) is 0 Å². The first-order valence-corrected chi connectivity index (χ1v) is 7.21. The molecule has 0 amide bonds. The van der Waals surface area contributed by atoms with Crippen molar-refractivity contribution >= 4 is 27.7 Å². The molecule has 0 aliphatic heterocycles. The first-order valence-electron chi connectivity index (χ1n) is 5.60. The van der Waals surface area contributed by atoms with Gasteiger partial charge in [-0.05, 0) is 40.5 Å². The summed E-state index contributed by atoms with van der Waals surface area (Å²) >= 11 is 4.53. The number of aromatic nitrogens is 5. The van der Waals surface area contributed by atoms with Crippen LogP contribution >= 0.6 is 27.7 Å². The summed E-state index contributed by atoms with van der Waals surface area (Å²) in [5.74, 6) is 0.452.